The molecule has 134 valence electrons. The lowest BCUT2D eigenvalue weighted by Crippen LogP contribution is -2.38. The van der Waals surface area contributed by atoms with Gasteiger partial charge in [0.1, 0.15) is 4.34 Å². The summed E-state index contributed by atoms with van der Waals surface area (Å²) in [4.78, 5) is 17.4. The zero-order valence-corrected chi connectivity index (χ0v) is 15.9. The van der Waals surface area contributed by atoms with E-state index in [1.54, 1.807) is 17.0 Å². The van der Waals surface area contributed by atoms with Crippen LogP contribution >= 0.6 is 22.9 Å². The van der Waals surface area contributed by atoms with Crippen LogP contribution in [0.2, 0.25) is 4.34 Å². The lowest BCUT2D eigenvalue weighted by atomic mass is 9.99. The summed E-state index contributed by atoms with van der Waals surface area (Å²) in [5.41, 5.74) is 0.956. The molecule has 0 spiro atoms. The number of rotatable bonds is 4. The minimum atomic E-state index is -3.81. The molecule has 6 nitrogen and oxygen atoms in total. The molecule has 2 aromatic rings. The molecule has 9 heteroatoms. The van der Waals surface area contributed by atoms with Crippen molar-refractivity contribution in [2.24, 2.45) is 5.92 Å². The van der Waals surface area contributed by atoms with Gasteiger partial charge in [0.2, 0.25) is 9.84 Å². The number of nitrogens with zero attached hydrogens (tertiary/aromatic N) is 2. The molecule has 1 fully saturated rings. The molecule has 0 radical (unpaired) electrons. The molecule has 1 atom stereocenters. The fraction of sp³-hybridized carbons (Fsp3) is 0.375. The van der Waals surface area contributed by atoms with Gasteiger partial charge in [0.25, 0.3) is 0 Å². The molecule has 0 saturated carbocycles. The van der Waals surface area contributed by atoms with E-state index in [0.717, 1.165) is 16.9 Å². The molecular weight excluding hydrogens is 384 g/mol. The van der Waals surface area contributed by atoms with Gasteiger partial charge in [-0.25, -0.2) is 13.4 Å². The number of carbonyl (C=O) groups is 1. The first-order chi connectivity index (χ1) is 11.8. The number of sulfone groups is 1. The third kappa shape index (κ3) is 3.65. The molecule has 25 heavy (non-hydrogen) atoms. The van der Waals surface area contributed by atoms with Crippen molar-refractivity contribution in [2.75, 3.05) is 18.0 Å². The van der Waals surface area contributed by atoms with Crippen LogP contribution in [0.25, 0.3) is 0 Å². The number of carboxylic acid groups (broad SMARTS) is 1. The predicted octanol–water partition coefficient (Wildman–Crippen LogP) is 3.24. The summed E-state index contributed by atoms with van der Waals surface area (Å²) in [6.07, 6.45) is 1.33. The SMILES string of the molecule is Cc1ccc(S(=O)(=O)c2nc(N3CCCC(C(=O)O)C3)sc2Cl)cc1. The molecule has 1 N–H and O–H groups in total. The van der Waals surface area contributed by atoms with Crippen LogP contribution in [-0.4, -0.2) is 37.6 Å². The first-order valence-corrected chi connectivity index (χ1v) is 10.4. The van der Waals surface area contributed by atoms with Crippen molar-refractivity contribution in [1.82, 2.24) is 4.98 Å². The maximum atomic E-state index is 12.8. The lowest BCUT2D eigenvalue weighted by molar-refractivity contribution is -0.141. The number of aliphatic carboxylic acids is 1. The van der Waals surface area contributed by atoms with E-state index >= 15 is 0 Å². The molecule has 0 amide bonds. The Hall–Kier alpha value is -1.64. The molecule has 1 saturated heterocycles. The fourth-order valence-electron chi connectivity index (χ4n) is 2.76. The topological polar surface area (TPSA) is 87.6 Å². The number of carboxylic acids is 1. The number of hydrogen-bond donors (Lipinski definition) is 1. The normalized spacial score (nSPS) is 18.3. The van der Waals surface area contributed by atoms with E-state index in [-0.39, 0.29) is 14.3 Å². The standard InChI is InChI=1S/C16H17ClN2O4S2/c1-10-4-6-12(7-5-10)25(22,23)14-13(17)24-16(18-14)19-8-2-3-11(9-19)15(20)21/h4-7,11H,2-3,8-9H2,1H3,(H,20,21). The van der Waals surface area contributed by atoms with Gasteiger partial charge >= 0.3 is 5.97 Å². The van der Waals surface area contributed by atoms with Crippen molar-refractivity contribution in [2.45, 2.75) is 29.7 Å². The molecule has 2 heterocycles. The molecule has 0 bridgehead atoms. The molecule has 1 aromatic carbocycles. The lowest BCUT2D eigenvalue weighted by Gasteiger charge is -2.30. The third-order valence-corrected chi connectivity index (χ3v) is 7.43. The summed E-state index contributed by atoms with van der Waals surface area (Å²) in [6, 6.07) is 6.50. The number of halogens is 1. The summed E-state index contributed by atoms with van der Waals surface area (Å²) >= 11 is 7.23. The van der Waals surface area contributed by atoms with Crippen molar-refractivity contribution in [1.29, 1.82) is 0 Å². The largest absolute Gasteiger partial charge is 0.481 e. The van der Waals surface area contributed by atoms with Gasteiger partial charge in [0, 0.05) is 13.1 Å². The number of hydrogen-bond acceptors (Lipinski definition) is 6. The average Bonchev–Trinajstić information content (AvgIpc) is 2.98. The van der Waals surface area contributed by atoms with Crippen LogP contribution in [0.5, 0.6) is 0 Å². The quantitative estimate of drug-likeness (QED) is 0.847. The van der Waals surface area contributed by atoms with Gasteiger partial charge < -0.3 is 10.0 Å². The van der Waals surface area contributed by atoms with Gasteiger partial charge in [-0.05, 0) is 31.9 Å². The summed E-state index contributed by atoms with van der Waals surface area (Å²) in [6.45, 7) is 2.82. The highest BCUT2D eigenvalue weighted by Gasteiger charge is 2.30. The first kappa shape index (κ1) is 18.2. The van der Waals surface area contributed by atoms with Crippen molar-refractivity contribution in [3.8, 4) is 0 Å². The van der Waals surface area contributed by atoms with Crippen molar-refractivity contribution < 1.29 is 18.3 Å². The molecular formula is C16H17ClN2O4S2. The second-order valence-electron chi connectivity index (χ2n) is 6.02. The molecule has 0 aliphatic carbocycles. The summed E-state index contributed by atoms with van der Waals surface area (Å²) in [7, 11) is -3.81. The summed E-state index contributed by atoms with van der Waals surface area (Å²) < 4.78 is 25.7. The van der Waals surface area contributed by atoms with Crippen LogP contribution in [0.3, 0.4) is 0 Å². The summed E-state index contributed by atoms with van der Waals surface area (Å²) in [5.74, 6) is -1.33. The van der Waals surface area contributed by atoms with E-state index in [1.807, 2.05) is 6.92 Å². The number of thiazole rings is 1. The van der Waals surface area contributed by atoms with Crippen molar-refractivity contribution in [3.05, 3.63) is 34.2 Å². The van der Waals surface area contributed by atoms with Crippen LogP contribution in [0, 0.1) is 12.8 Å². The number of anilines is 1. The van der Waals surface area contributed by atoms with Crippen molar-refractivity contribution in [3.63, 3.8) is 0 Å². The van der Waals surface area contributed by atoms with Gasteiger partial charge in [0.15, 0.2) is 10.2 Å². The van der Waals surface area contributed by atoms with E-state index in [9.17, 15) is 18.3 Å². The smallest absolute Gasteiger partial charge is 0.308 e. The van der Waals surface area contributed by atoms with Crippen molar-refractivity contribution >= 4 is 43.9 Å². The monoisotopic (exact) mass is 400 g/mol. The fourth-order valence-corrected chi connectivity index (χ4v) is 5.69. The number of benzene rings is 1. The Kier molecular flexibility index (Phi) is 5.04. The maximum absolute atomic E-state index is 12.8. The van der Waals surface area contributed by atoms with E-state index < -0.39 is 21.7 Å². The Morgan fingerprint density at radius 3 is 2.68 bits per heavy atom. The third-order valence-electron chi connectivity index (χ3n) is 4.17. The highest BCUT2D eigenvalue weighted by Crippen LogP contribution is 2.37. The minimum Gasteiger partial charge on any atom is -0.481 e. The van der Waals surface area contributed by atoms with Crippen LogP contribution < -0.4 is 4.90 Å². The van der Waals surface area contributed by atoms with Crippen LogP contribution in [0.1, 0.15) is 18.4 Å². The average molecular weight is 401 g/mol. The Morgan fingerprint density at radius 1 is 1.36 bits per heavy atom. The highest BCUT2D eigenvalue weighted by molar-refractivity contribution is 7.91. The first-order valence-electron chi connectivity index (χ1n) is 7.75. The minimum absolute atomic E-state index is 0.0908. The van der Waals surface area contributed by atoms with Gasteiger partial charge in [0.05, 0.1) is 10.8 Å². The highest BCUT2D eigenvalue weighted by atomic mass is 35.5. The maximum Gasteiger partial charge on any atom is 0.308 e. The number of piperidine rings is 1. The molecule has 1 aromatic heterocycles. The Balaban J connectivity index is 1.92. The number of aryl methyl sites for hydroxylation is 1. The Morgan fingerprint density at radius 2 is 2.04 bits per heavy atom. The Labute approximate surface area is 155 Å². The van der Waals surface area contributed by atoms with E-state index in [4.69, 9.17) is 11.6 Å². The van der Waals surface area contributed by atoms with E-state index in [1.165, 1.54) is 12.1 Å². The predicted molar refractivity (Wildman–Crippen MR) is 96.3 cm³/mol. The van der Waals surface area contributed by atoms with E-state index in [2.05, 4.69) is 4.98 Å². The molecule has 1 aliphatic rings. The van der Waals surface area contributed by atoms with E-state index in [0.29, 0.717) is 31.1 Å². The second kappa shape index (κ2) is 6.93. The number of aromatic nitrogens is 1. The second-order valence-corrected chi connectivity index (χ2v) is 9.46. The zero-order chi connectivity index (χ0) is 18.2. The van der Waals surface area contributed by atoms with Crippen LogP contribution in [-0.2, 0) is 14.6 Å². The van der Waals surface area contributed by atoms with Crippen LogP contribution in [0.4, 0.5) is 5.13 Å². The molecule has 1 aliphatic heterocycles. The van der Waals surface area contributed by atoms with Gasteiger partial charge in [-0.3, -0.25) is 4.79 Å². The zero-order valence-electron chi connectivity index (χ0n) is 13.5. The van der Waals surface area contributed by atoms with Crippen LogP contribution in [0.15, 0.2) is 34.2 Å². The Bertz CT molecular complexity index is 893. The molecule has 1 unspecified atom stereocenters. The van der Waals surface area contributed by atoms with Gasteiger partial charge in [-0.1, -0.05) is 40.6 Å². The van der Waals surface area contributed by atoms with Gasteiger partial charge in [-0.15, -0.1) is 0 Å². The van der Waals surface area contributed by atoms with Gasteiger partial charge in [-0.2, -0.15) is 0 Å². The summed E-state index contributed by atoms with van der Waals surface area (Å²) in [5, 5.41) is 9.47. The molecule has 3 rings (SSSR count).